The summed E-state index contributed by atoms with van der Waals surface area (Å²) in [5.41, 5.74) is 4.85. The van der Waals surface area contributed by atoms with Gasteiger partial charge in [0, 0.05) is 38.9 Å². The third-order valence-electron chi connectivity index (χ3n) is 6.66. The van der Waals surface area contributed by atoms with Crippen LogP contribution in [0.2, 0.25) is 10.0 Å². The first-order chi connectivity index (χ1) is 18.3. The molecular formula is C30H25Cl2NO5. The lowest BCUT2D eigenvalue weighted by Crippen LogP contribution is -2.29. The molecule has 0 saturated carbocycles. The number of hydrogen-bond donors (Lipinski definition) is 1. The lowest BCUT2D eigenvalue weighted by Gasteiger charge is -2.29. The Morgan fingerprint density at radius 1 is 1.00 bits per heavy atom. The van der Waals surface area contributed by atoms with Gasteiger partial charge in [-0.3, -0.25) is 4.79 Å². The van der Waals surface area contributed by atoms with E-state index in [0.717, 1.165) is 11.1 Å². The van der Waals surface area contributed by atoms with E-state index in [1.54, 1.807) is 38.1 Å². The number of halogens is 2. The highest BCUT2D eigenvalue weighted by Crippen LogP contribution is 2.49. The molecule has 194 valence electrons. The molecule has 0 saturated heterocycles. The molecule has 0 aromatic heterocycles. The molecule has 0 amide bonds. The highest BCUT2D eigenvalue weighted by atomic mass is 35.5. The molecule has 5 rings (SSSR count). The number of esters is 1. The molecule has 1 heterocycles. The van der Waals surface area contributed by atoms with Crippen LogP contribution in [-0.2, 0) is 16.1 Å². The number of allylic oxidation sites excluding steroid dienone is 2. The van der Waals surface area contributed by atoms with Crippen molar-refractivity contribution in [2.75, 3.05) is 13.7 Å². The fraction of sp³-hybridized carbons (Fsp3) is 0.200. The van der Waals surface area contributed by atoms with Crippen LogP contribution in [0.4, 0.5) is 0 Å². The van der Waals surface area contributed by atoms with E-state index in [2.05, 4.69) is 5.32 Å². The van der Waals surface area contributed by atoms with E-state index in [4.69, 9.17) is 37.4 Å². The highest BCUT2D eigenvalue weighted by molar-refractivity contribution is 6.32. The van der Waals surface area contributed by atoms with Crippen molar-refractivity contribution in [2.24, 2.45) is 0 Å². The van der Waals surface area contributed by atoms with Crippen LogP contribution in [0.3, 0.4) is 0 Å². The Kier molecular flexibility index (Phi) is 7.19. The van der Waals surface area contributed by atoms with Gasteiger partial charge in [-0.1, -0.05) is 65.7 Å². The maximum atomic E-state index is 13.7. The Labute approximate surface area is 230 Å². The third kappa shape index (κ3) is 4.44. The number of methoxy groups -OCH3 is 1. The average Bonchev–Trinajstić information content (AvgIpc) is 3.19. The van der Waals surface area contributed by atoms with Gasteiger partial charge >= 0.3 is 5.97 Å². The Morgan fingerprint density at radius 2 is 1.71 bits per heavy atom. The molecule has 0 radical (unpaired) electrons. The van der Waals surface area contributed by atoms with Gasteiger partial charge in [0.05, 0.1) is 30.0 Å². The molecule has 6 nitrogen and oxygen atoms in total. The number of ketones is 1. The molecule has 8 heteroatoms. The number of ether oxygens (including phenoxy) is 3. The zero-order valence-electron chi connectivity index (χ0n) is 21.1. The Bertz CT molecular complexity index is 1520. The second-order valence-electron chi connectivity index (χ2n) is 8.89. The minimum Gasteiger partial charge on any atom is -0.493 e. The number of nitrogens with one attached hydrogen (secondary N) is 1. The summed E-state index contributed by atoms with van der Waals surface area (Å²) in [5, 5.41) is 4.14. The second-order valence-corrected chi connectivity index (χ2v) is 9.71. The number of dihydropyridines is 1. The Balaban J connectivity index is 1.61. The number of carbonyl (C=O) groups excluding carboxylic acids is 2. The van der Waals surface area contributed by atoms with Crippen LogP contribution < -0.4 is 14.8 Å². The molecule has 0 bridgehead atoms. The van der Waals surface area contributed by atoms with Crippen molar-refractivity contribution in [1.82, 2.24) is 5.32 Å². The molecular weight excluding hydrogens is 525 g/mol. The minimum atomic E-state index is -0.728. The van der Waals surface area contributed by atoms with E-state index in [9.17, 15) is 9.59 Å². The molecule has 1 aliphatic heterocycles. The zero-order valence-corrected chi connectivity index (χ0v) is 22.6. The van der Waals surface area contributed by atoms with E-state index < -0.39 is 11.9 Å². The van der Waals surface area contributed by atoms with Crippen molar-refractivity contribution in [3.05, 3.63) is 110 Å². The summed E-state index contributed by atoms with van der Waals surface area (Å²) in [6, 6.07) is 18.2. The summed E-state index contributed by atoms with van der Waals surface area (Å²) < 4.78 is 17.1. The first-order valence-corrected chi connectivity index (χ1v) is 12.9. The van der Waals surface area contributed by atoms with Crippen molar-refractivity contribution in [3.8, 4) is 11.5 Å². The fourth-order valence-electron chi connectivity index (χ4n) is 4.95. The van der Waals surface area contributed by atoms with Crippen molar-refractivity contribution in [1.29, 1.82) is 0 Å². The van der Waals surface area contributed by atoms with Gasteiger partial charge in [-0.2, -0.15) is 0 Å². The van der Waals surface area contributed by atoms with Gasteiger partial charge < -0.3 is 19.5 Å². The third-order valence-corrected chi connectivity index (χ3v) is 7.31. The fourth-order valence-corrected chi connectivity index (χ4v) is 5.42. The summed E-state index contributed by atoms with van der Waals surface area (Å²) in [7, 11) is 1.51. The topological polar surface area (TPSA) is 73.9 Å². The van der Waals surface area contributed by atoms with Crippen LogP contribution in [0.15, 0.2) is 77.5 Å². The van der Waals surface area contributed by atoms with Gasteiger partial charge in [0.2, 0.25) is 0 Å². The molecule has 1 aliphatic carbocycles. The molecule has 0 unspecified atom stereocenters. The van der Waals surface area contributed by atoms with E-state index in [1.807, 2.05) is 36.4 Å². The average molecular weight is 550 g/mol. The van der Waals surface area contributed by atoms with Crippen LogP contribution in [0.5, 0.6) is 11.5 Å². The first kappa shape index (κ1) is 25.9. The minimum absolute atomic E-state index is 0.156. The van der Waals surface area contributed by atoms with Crippen LogP contribution >= 0.6 is 23.2 Å². The predicted molar refractivity (Wildman–Crippen MR) is 147 cm³/mol. The largest absolute Gasteiger partial charge is 0.493 e. The molecule has 3 aromatic carbocycles. The lowest BCUT2D eigenvalue weighted by atomic mass is 9.79. The van der Waals surface area contributed by atoms with Gasteiger partial charge in [0.1, 0.15) is 6.61 Å². The van der Waals surface area contributed by atoms with Crippen LogP contribution in [-0.4, -0.2) is 25.5 Å². The predicted octanol–water partition coefficient (Wildman–Crippen LogP) is 6.71. The number of hydrogen-bond acceptors (Lipinski definition) is 6. The molecule has 0 spiro atoms. The SMILES string of the molecule is CCOC(=O)C1=C(C)NC2=C(C(=O)c3ccccc32)[C@@H]1c1cc(Cl)c(OCc2ccccc2Cl)c(OC)c1. The highest BCUT2D eigenvalue weighted by Gasteiger charge is 2.43. The van der Waals surface area contributed by atoms with E-state index in [-0.39, 0.29) is 24.0 Å². The van der Waals surface area contributed by atoms with Gasteiger partial charge in [-0.15, -0.1) is 0 Å². The number of benzene rings is 3. The van der Waals surface area contributed by atoms with Crippen LogP contribution in [0.25, 0.3) is 5.70 Å². The van der Waals surface area contributed by atoms with Crippen molar-refractivity contribution < 1.29 is 23.8 Å². The Morgan fingerprint density at radius 3 is 2.42 bits per heavy atom. The van der Waals surface area contributed by atoms with Crippen molar-refractivity contribution in [2.45, 2.75) is 26.4 Å². The van der Waals surface area contributed by atoms with Gasteiger partial charge in [-0.05, 0) is 37.6 Å². The summed E-state index contributed by atoms with van der Waals surface area (Å²) in [5.74, 6) is -0.692. The van der Waals surface area contributed by atoms with Crippen molar-refractivity contribution >= 4 is 40.7 Å². The lowest BCUT2D eigenvalue weighted by molar-refractivity contribution is -0.138. The maximum Gasteiger partial charge on any atom is 0.336 e. The number of rotatable bonds is 7. The molecule has 38 heavy (non-hydrogen) atoms. The van der Waals surface area contributed by atoms with Gasteiger partial charge in [-0.25, -0.2) is 4.79 Å². The van der Waals surface area contributed by atoms with Gasteiger partial charge in [0.25, 0.3) is 0 Å². The monoisotopic (exact) mass is 549 g/mol. The zero-order chi connectivity index (χ0) is 27.0. The van der Waals surface area contributed by atoms with Crippen LogP contribution in [0.1, 0.15) is 46.8 Å². The number of fused-ring (bicyclic) bond motifs is 2. The molecule has 3 aromatic rings. The second kappa shape index (κ2) is 10.6. The smallest absolute Gasteiger partial charge is 0.336 e. The molecule has 1 atom stereocenters. The summed E-state index contributed by atoms with van der Waals surface area (Å²) in [4.78, 5) is 26.9. The van der Waals surface area contributed by atoms with E-state index >= 15 is 0 Å². The summed E-state index contributed by atoms with van der Waals surface area (Å²) >= 11 is 13.0. The molecule has 0 fully saturated rings. The molecule has 1 N–H and O–H groups in total. The quantitative estimate of drug-likeness (QED) is 0.330. The normalized spacial score (nSPS) is 16.1. The summed E-state index contributed by atoms with van der Waals surface area (Å²) in [6.45, 7) is 3.92. The van der Waals surface area contributed by atoms with Crippen LogP contribution in [0, 0.1) is 0 Å². The number of Topliss-reactive ketones (excluding diaryl/α,β-unsaturated/α-hetero) is 1. The molecule has 2 aliphatic rings. The number of carbonyl (C=O) groups is 2. The summed E-state index contributed by atoms with van der Waals surface area (Å²) in [6.07, 6.45) is 0. The first-order valence-electron chi connectivity index (χ1n) is 12.1. The van der Waals surface area contributed by atoms with E-state index in [0.29, 0.717) is 50.2 Å². The van der Waals surface area contributed by atoms with Gasteiger partial charge in [0.15, 0.2) is 17.3 Å². The maximum absolute atomic E-state index is 13.7. The van der Waals surface area contributed by atoms with Crippen molar-refractivity contribution in [3.63, 3.8) is 0 Å². The van der Waals surface area contributed by atoms with E-state index in [1.165, 1.54) is 7.11 Å². The standard InChI is InChI=1S/C30H25Cl2NO5/c1-4-37-30(35)24-16(2)33-27-19-10-6-7-11-20(19)28(34)26(27)25(24)18-13-22(32)29(23(14-18)36-3)38-15-17-9-5-8-12-21(17)31/h5-14,25,33H,4,15H2,1-3H3/t25-/m1/s1. The Hall–Kier alpha value is -3.74.